The number of methoxy groups -OCH3 is 2. The summed E-state index contributed by atoms with van der Waals surface area (Å²) >= 11 is 11.2. The Balaban J connectivity index is 2.02. The molecule has 0 spiro atoms. The maximum atomic E-state index is 5.41. The van der Waals surface area contributed by atoms with Gasteiger partial charge in [0.25, 0.3) is 0 Å². The Morgan fingerprint density at radius 2 is 1.50 bits per heavy atom. The van der Waals surface area contributed by atoms with Gasteiger partial charge in [-0.25, -0.2) is 0 Å². The van der Waals surface area contributed by atoms with Crippen molar-refractivity contribution in [2.24, 2.45) is 4.99 Å². The molecule has 0 aliphatic carbocycles. The van der Waals surface area contributed by atoms with Gasteiger partial charge in [0.05, 0.1) is 0 Å². The van der Waals surface area contributed by atoms with Crippen molar-refractivity contribution in [2.45, 2.75) is 0 Å². The van der Waals surface area contributed by atoms with Crippen molar-refractivity contribution >= 4 is 63.7 Å². The molecular formula is C17H14Br3NO2Se. The van der Waals surface area contributed by atoms with Gasteiger partial charge < -0.3 is 0 Å². The number of nitrogens with zero attached hydrogens (tertiary/aromatic N) is 1. The zero-order valence-corrected chi connectivity index (χ0v) is 19.4. The Morgan fingerprint density at radius 1 is 0.875 bits per heavy atom. The van der Waals surface area contributed by atoms with E-state index in [1.165, 1.54) is 0 Å². The summed E-state index contributed by atoms with van der Waals surface area (Å²) in [6, 6.07) is 14.0. The van der Waals surface area contributed by atoms with Gasteiger partial charge in [0, 0.05) is 0 Å². The molecule has 2 aromatic carbocycles. The Labute approximate surface area is 165 Å². The van der Waals surface area contributed by atoms with Crippen LogP contribution >= 0.6 is 44.2 Å². The van der Waals surface area contributed by atoms with Crippen LogP contribution in [-0.4, -0.2) is 28.1 Å². The molecule has 0 saturated carbocycles. The number of hydrogen-bond donors (Lipinski definition) is 0. The fourth-order valence-electron chi connectivity index (χ4n) is 2.34. The molecule has 0 fully saturated rings. The molecule has 0 atom stereocenters. The SMILES string of the molecule is COc1ccc(C2=NC(c3ccc(Br)cc3)=C[Se]2(Br)Br)cc1OC. The summed E-state index contributed by atoms with van der Waals surface area (Å²) in [4.78, 5) is 7.08. The average molecular weight is 583 g/mol. The number of hydrogen-bond acceptors (Lipinski definition) is 3. The summed E-state index contributed by atoms with van der Waals surface area (Å²) in [6.07, 6.45) is 0. The molecule has 1 aliphatic heterocycles. The summed E-state index contributed by atoms with van der Waals surface area (Å²) in [5, 5.41) is 0. The third-order valence-electron chi connectivity index (χ3n) is 3.51. The van der Waals surface area contributed by atoms with Gasteiger partial charge in [-0.1, -0.05) is 0 Å². The van der Waals surface area contributed by atoms with Gasteiger partial charge in [0.1, 0.15) is 0 Å². The van der Waals surface area contributed by atoms with E-state index in [1.54, 1.807) is 14.2 Å². The van der Waals surface area contributed by atoms with Crippen LogP contribution in [0.5, 0.6) is 11.5 Å². The Kier molecular flexibility index (Phi) is 5.57. The van der Waals surface area contributed by atoms with E-state index < -0.39 is 9.23 Å². The molecule has 0 N–H and O–H groups in total. The number of halogens is 3. The molecule has 0 radical (unpaired) electrons. The summed E-state index contributed by atoms with van der Waals surface area (Å²) in [6.45, 7) is 0. The quantitative estimate of drug-likeness (QED) is 0.438. The molecule has 126 valence electrons. The van der Waals surface area contributed by atoms with Crippen LogP contribution in [0.2, 0.25) is 0 Å². The second-order valence-electron chi connectivity index (χ2n) is 5.01. The van der Waals surface area contributed by atoms with Gasteiger partial charge >= 0.3 is 167 Å². The minimum atomic E-state index is -2.33. The van der Waals surface area contributed by atoms with Crippen molar-refractivity contribution in [3.63, 3.8) is 0 Å². The second kappa shape index (κ2) is 7.34. The van der Waals surface area contributed by atoms with Crippen LogP contribution in [0, 0.1) is 0 Å². The first-order valence-corrected chi connectivity index (χ1v) is 17.6. The van der Waals surface area contributed by atoms with Crippen molar-refractivity contribution in [1.29, 1.82) is 0 Å². The summed E-state index contributed by atoms with van der Waals surface area (Å²) < 4.78 is 12.8. The van der Waals surface area contributed by atoms with Crippen molar-refractivity contribution < 1.29 is 9.47 Å². The third kappa shape index (κ3) is 3.65. The van der Waals surface area contributed by atoms with Crippen LogP contribution in [0.1, 0.15) is 11.1 Å². The molecule has 2 aromatic rings. The van der Waals surface area contributed by atoms with Crippen LogP contribution in [0.25, 0.3) is 5.70 Å². The van der Waals surface area contributed by atoms with E-state index in [0.717, 1.165) is 25.9 Å². The van der Waals surface area contributed by atoms with E-state index in [0.29, 0.717) is 11.5 Å². The first-order chi connectivity index (χ1) is 11.4. The molecule has 0 saturated heterocycles. The summed E-state index contributed by atoms with van der Waals surface area (Å²) in [7, 11) is 0.940. The molecule has 1 heterocycles. The van der Waals surface area contributed by atoms with Crippen molar-refractivity contribution in [1.82, 2.24) is 0 Å². The number of aliphatic imine (C=N–C) groups is 1. The number of rotatable bonds is 4. The molecule has 0 amide bonds. The van der Waals surface area contributed by atoms with Crippen LogP contribution in [-0.2, 0) is 0 Å². The molecule has 0 unspecified atom stereocenters. The Bertz CT molecular complexity index is 832. The van der Waals surface area contributed by atoms with Crippen molar-refractivity contribution in [2.75, 3.05) is 14.2 Å². The van der Waals surface area contributed by atoms with Crippen LogP contribution in [0.3, 0.4) is 0 Å². The molecule has 3 rings (SSSR count). The standard InChI is InChI=1S/C17H14Br3NO2Se/c1-22-15-8-5-12(9-16(15)23-2)17-21-14(10-24(17,19)20)11-3-6-13(18)7-4-11/h3-10H,1-2H3. The molecular weight excluding hydrogens is 569 g/mol. The predicted molar refractivity (Wildman–Crippen MR) is 112 cm³/mol. The summed E-state index contributed by atoms with van der Waals surface area (Å²) in [5.41, 5.74) is 3.08. The number of ether oxygens (including phenoxy) is 2. The summed E-state index contributed by atoms with van der Waals surface area (Å²) in [5.74, 6) is 1.40. The van der Waals surface area contributed by atoms with Gasteiger partial charge in [-0.15, -0.1) is 0 Å². The van der Waals surface area contributed by atoms with Crippen molar-refractivity contribution in [3.05, 3.63) is 63.0 Å². The second-order valence-corrected chi connectivity index (χ2v) is 24.5. The fraction of sp³-hybridized carbons (Fsp3) is 0.118. The van der Waals surface area contributed by atoms with Gasteiger partial charge in [-0.05, 0) is 0 Å². The number of benzene rings is 2. The molecule has 3 nitrogen and oxygen atoms in total. The van der Waals surface area contributed by atoms with E-state index in [1.807, 2.05) is 30.3 Å². The maximum absolute atomic E-state index is 5.41. The zero-order valence-electron chi connectivity index (χ0n) is 12.9. The third-order valence-corrected chi connectivity index (χ3v) is 12.0. The van der Waals surface area contributed by atoms with E-state index >= 15 is 0 Å². The molecule has 0 aromatic heterocycles. The van der Waals surface area contributed by atoms with E-state index in [2.05, 4.69) is 61.3 Å². The molecule has 7 heteroatoms. The molecule has 0 bridgehead atoms. The monoisotopic (exact) mass is 581 g/mol. The Hall–Kier alpha value is -0.591. The van der Waals surface area contributed by atoms with Crippen LogP contribution in [0.15, 0.2) is 56.9 Å². The van der Waals surface area contributed by atoms with Crippen molar-refractivity contribution in [3.8, 4) is 11.5 Å². The molecule has 1 aliphatic rings. The average Bonchev–Trinajstić information content (AvgIpc) is 2.90. The predicted octanol–water partition coefficient (Wildman–Crippen LogP) is 5.62. The normalized spacial score (nSPS) is 17.0. The van der Waals surface area contributed by atoms with E-state index in [4.69, 9.17) is 14.5 Å². The van der Waals surface area contributed by atoms with E-state index in [-0.39, 0.29) is 0 Å². The first-order valence-electron chi connectivity index (χ1n) is 6.96. The topological polar surface area (TPSA) is 30.8 Å². The molecule has 24 heavy (non-hydrogen) atoms. The van der Waals surface area contributed by atoms with Crippen LogP contribution < -0.4 is 9.47 Å². The van der Waals surface area contributed by atoms with Gasteiger partial charge in [-0.3, -0.25) is 0 Å². The zero-order chi connectivity index (χ0) is 17.3. The first kappa shape index (κ1) is 18.2. The van der Waals surface area contributed by atoms with Gasteiger partial charge in [0.2, 0.25) is 0 Å². The van der Waals surface area contributed by atoms with Crippen LogP contribution in [0.4, 0.5) is 0 Å². The van der Waals surface area contributed by atoms with E-state index in [9.17, 15) is 0 Å². The fourth-order valence-corrected chi connectivity index (χ4v) is 9.74. The Morgan fingerprint density at radius 3 is 2.12 bits per heavy atom. The van der Waals surface area contributed by atoms with Gasteiger partial charge in [-0.2, -0.15) is 0 Å². The van der Waals surface area contributed by atoms with Gasteiger partial charge in [0.15, 0.2) is 0 Å². The minimum absolute atomic E-state index is 0.697.